The molecule has 2 atom stereocenters. The molecule has 0 saturated heterocycles. The molecule has 4 heteroatoms. The van der Waals surface area contributed by atoms with Gasteiger partial charge in [-0.1, -0.05) is 66.7 Å². The van der Waals surface area contributed by atoms with E-state index in [0.717, 1.165) is 22.3 Å². The van der Waals surface area contributed by atoms with Crippen LogP contribution >= 0.6 is 0 Å². The van der Waals surface area contributed by atoms with Crippen molar-refractivity contribution in [3.63, 3.8) is 0 Å². The quantitative estimate of drug-likeness (QED) is 0.576. The van der Waals surface area contributed by atoms with Crippen LogP contribution in [0.5, 0.6) is 0 Å². The van der Waals surface area contributed by atoms with Crippen LogP contribution in [0.4, 0.5) is 0 Å². The summed E-state index contributed by atoms with van der Waals surface area (Å²) in [6.07, 6.45) is 6.40. The number of fused-ring (bicyclic) bond motifs is 3. The van der Waals surface area contributed by atoms with Crippen LogP contribution in [0.25, 0.3) is 5.57 Å². The van der Waals surface area contributed by atoms with Crippen LogP contribution in [0.1, 0.15) is 49.7 Å². The van der Waals surface area contributed by atoms with Gasteiger partial charge in [-0.2, -0.15) is 0 Å². The average Bonchev–Trinajstić information content (AvgIpc) is 3.27. The Morgan fingerprint density at radius 3 is 1.97 bits per heavy atom. The highest BCUT2D eigenvalue weighted by atomic mass is 16.5. The molecule has 3 aliphatic carbocycles. The lowest BCUT2D eigenvalue weighted by Gasteiger charge is -2.48. The Morgan fingerprint density at radius 2 is 1.35 bits per heavy atom. The first-order valence-electron chi connectivity index (χ1n) is 12.2. The molecule has 170 valence electrons. The van der Waals surface area contributed by atoms with E-state index in [1.165, 1.54) is 0 Å². The molecular formula is C30H26O4. The minimum absolute atomic E-state index is 0.101. The van der Waals surface area contributed by atoms with Crippen LogP contribution < -0.4 is 0 Å². The molecule has 0 bridgehead atoms. The van der Waals surface area contributed by atoms with Gasteiger partial charge in [0.2, 0.25) is 0 Å². The van der Waals surface area contributed by atoms with Crippen molar-refractivity contribution in [2.45, 2.75) is 44.6 Å². The van der Waals surface area contributed by atoms with Crippen molar-refractivity contribution in [3.05, 3.63) is 101 Å². The van der Waals surface area contributed by atoms with Crippen molar-refractivity contribution >= 4 is 22.9 Å². The number of hydrogen-bond donors (Lipinski definition) is 0. The highest BCUT2D eigenvalue weighted by molar-refractivity contribution is 6.20. The van der Waals surface area contributed by atoms with Crippen LogP contribution in [0.2, 0.25) is 0 Å². The number of carbonyl (C=O) groups is 3. The zero-order chi connectivity index (χ0) is 23.3. The largest absolute Gasteiger partial charge is 0.490 e. The summed E-state index contributed by atoms with van der Waals surface area (Å²) in [5.41, 5.74) is 2.81. The zero-order valence-electron chi connectivity index (χ0n) is 19.0. The van der Waals surface area contributed by atoms with E-state index in [9.17, 15) is 14.4 Å². The molecule has 1 fully saturated rings. The number of hydrogen-bond acceptors (Lipinski definition) is 4. The van der Waals surface area contributed by atoms with E-state index >= 15 is 0 Å². The number of Topliss-reactive ketones (excluding diaryl/α,β-unsaturated/α-hetero) is 3. The summed E-state index contributed by atoms with van der Waals surface area (Å²) in [7, 11) is 0. The van der Waals surface area contributed by atoms with Gasteiger partial charge in [-0.25, -0.2) is 0 Å². The lowest BCUT2D eigenvalue weighted by atomic mass is 9.54. The Bertz CT molecular complexity index is 1220. The minimum Gasteiger partial charge on any atom is -0.490 e. The first kappa shape index (κ1) is 21.0. The highest BCUT2D eigenvalue weighted by Crippen LogP contribution is 2.58. The van der Waals surface area contributed by atoms with Gasteiger partial charge in [-0.05, 0) is 41.2 Å². The molecule has 1 aliphatic heterocycles. The fraction of sp³-hybridized carbons (Fsp3) is 0.300. The normalized spacial score (nSPS) is 25.3. The monoisotopic (exact) mass is 450 g/mol. The van der Waals surface area contributed by atoms with Gasteiger partial charge < -0.3 is 4.74 Å². The number of rotatable bonds is 2. The molecule has 0 N–H and O–H groups in total. The fourth-order valence-corrected chi connectivity index (χ4v) is 6.40. The highest BCUT2D eigenvalue weighted by Gasteiger charge is 2.64. The zero-order valence-corrected chi connectivity index (χ0v) is 19.0. The number of allylic oxidation sites excluding steroid dienone is 3. The lowest BCUT2D eigenvalue weighted by molar-refractivity contribution is -0.151. The first-order valence-corrected chi connectivity index (χ1v) is 12.2. The summed E-state index contributed by atoms with van der Waals surface area (Å²) in [5.74, 6) is -0.314. The molecular weight excluding hydrogens is 424 g/mol. The molecule has 6 rings (SSSR count). The fourth-order valence-electron chi connectivity index (χ4n) is 6.40. The van der Waals surface area contributed by atoms with Crippen molar-refractivity contribution in [3.8, 4) is 0 Å². The maximum atomic E-state index is 13.9. The van der Waals surface area contributed by atoms with Gasteiger partial charge in [0.05, 0.1) is 5.57 Å². The Morgan fingerprint density at radius 1 is 0.765 bits per heavy atom. The molecule has 2 aromatic carbocycles. The van der Waals surface area contributed by atoms with Gasteiger partial charge in [0, 0.05) is 31.6 Å². The molecule has 34 heavy (non-hydrogen) atoms. The summed E-state index contributed by atoms with van der Waals surface area (Å²) >= 11 is 0. The predicted octanol–water partition coefficient (Wildman–Crippen LogP) is 5.39. The second-order valence-corrected chi connectivity index (χ2v) is 9.56. The van der Waals surface area contributed by atoms with Crippen LogP contribution in [-0.2, 0) is 19.1 Å². The summed E-state index contributed by atoms with van der Waals surface area (Å²) in [4.78, 5) is 41.0. The van der Waals surface area contributed by atoms with Gasteiger partial charge >= 0.3 is 0 Å². The number of ketones is 3. The molecule has 4 aliphatic rings. The molecule has 2 aromatic rings. The Kier molecular flexibility index (Phi) is 4.98. The van der Waals surface area contributed by atoms with Gasteiger partial charge in [0.15, 0.2) is 17.3 Å². The standard InChI is InChI=1S/C30H26O4/c31-22-13-7-14-23-29(22)30(25(32)15-8-16-26(30)33)28-21(17-18-24(28)34-23)27(19-9-3-1-4-10-19)20-11-5-2-6-12-20/h1-6,9-12,17-18,24,28H,7-8,13-16H2/t24-,28+/m0/s1. The predicted molar refractivity (Wildman–Crippen MR) is 129 cm³/mol. The number of ether oxygens (including phenoxy) is 1. The van der Waals surface area contributed by atoms with Crippen LogP contribution in [-0.4, -0.2) is 23.5 Å². The van der Waals surface area contributed by atoms with Crippen molar-refractivity contribution in [2.24, 2.45) is 11.3 Å². The maximum absolute atomic E-state index is 13.9. The molecule has 1 spiro atoms. The van der Waals surface area contributed by atoms with Gasteiger partial charge in [-0.3, -0.25) is 14.4 Å². The van der Waals surface area contributed by atoms with Crippen molar-refractivity contribution in [2.75, 3.05) is 0 Å². The summed E-state index contributed by atoms with van der Waals surface area (Å²) in [6, 6.07) is 20.1. The lowest BCUT2D eigenvalue weighted by Crippen LogP contribution is -2.57. The Labute approximate surface area is 199 Å². The van der Waals surface area contributed by atoms with E-state index in [1.807, 2.05) is 72.8 Å². The van der Waals surface area contributed by atoms with Crippen LogP contribution in [0.3, 0.4) is 0 Å². The van der Waals surface area contributed by atoms with E-state index in [4.69, 9.17) is 4.74 Å². The Hall–Kier alpha value is -3.53. The van der Waals surface area contributed by atoms with E-state index in [-0.39, 0.29) is 17.3 Å². The SMILES string of the molecule is O=C1CCCC2=C1C1(C(=O)CCCC1=O)[C@@H]1C(=C(c3ccccc3)c3ccccc3)C=C[C@@H]1O2. The maximum Gasteiger partial charge on any atom is 0.163 e. The molecule has 1 heterocycles. The molecule has 0 radical (unpaired) electrons. The second kappa shape index (κ2) is 8.05. The van der Waals surface area contributed by atoms with E-state index in [1.54, 1.807) is 0 Å². The summed E-state index contributed by atoms with van der Waals surface area (Å²) < 4.78 is 6.39. The molecule has 1 saturated carbocycles. The van der Waals surface area contributed by atoms with Gasteiger partial charge in [0.1, 0.15) is 17.3 Å². The third-order valence-corrected chi connectivity index (χ3v) is 7.73. The molecule has 0 aromatic heterocycles. The van der Waals surface area contributed by atoms with Crippen molar-refractivity contribution in [1.29, 1.82) is 0 Å². The van der Waals surface area contributed by atoms with Crippen molar-refractivity contribution in [1.82, 2.24) is 0 Å². The van der Waals surface area contributed by atoms with Crippen molar-refractivity contribution < 1.29 is 19.1 Å². The molecule has 0 unspecified atom stereocenters. The van der Waals surface area contributed by atoms with Gasteiger partial charge in [0.25, 0.3) is 0 Å². The summed E-state index contributed by atoms with van der Waals surface area (Å²) in [5, 5.41) is 0. The second-order valence-electron chi connectivity index (χ2n) is 9.56. The first-order chi connectivity index (χ1) is 16.6. The Balaban J connectivity index is 1.66. The third-order valence-electron chi connectivity index (χ3n) is 7.73. The minimum atomic E-state index is -1.44. The smallest absolute Gasteiger partial charge is 0.163 e. The molecule has 0 amide bonds. The average molecular weight is 451 g/mol. The summed E-state index contributed by atoms with van der Waals surface area (Å²) in [6.45, 7) is 0. The number of carbonyl (C=O) groups excluding carboxylic acids is 3. The van der Waals surface area contributed by atoms with E-state index in [2.05, 4.69) is 0 Å². The van der Waals surface area contributed by atoms with E-state index in [0.29, 0.717) is 49.9 Å². The third kappa shape index (κ3) is 2.94. The topological polar surface area (TPSA) is 60.4 Å². The van der Waals surface area contributed by atoms with Crippen LogP contribution in [0, 0.1) is 11.3 Å². The molecule has 4 nitrogen and oxygen atoms in total. The van der Waals surface area contributed by atoms with Gasteiger partial charge in [-0.15, -0.1) is 0 Å². The van der Waals surface area contributed by atoms with E-state index < -0.39 is 17.4 Å². The van der Waals surface area contributed by atoms with Crippen LogP contribution in [0.15, 0.2) is 89.7 Å². The number of benzene rings is 2.